The van der Waals surface area contributed by atoms with E-state index in [2.05, 4.69) is 64.1 Å². The summed E-state index contributed by atoms with van der Waals surface area (Å²) in [5.74, 6) is 1.55. The zero-order chi connectivity index (χ0) is 20.9. The van der Waals surface area contributed by atoms with Gasteiger partial charge in [0.05, 0.1) is 19.3 Å². The smallest absolute Gasteiger partial charge is 0.236 e. The number of aromatic nitrogens is 2. The van der Waals surface area contributed by atoms with Crippen molar-refractivity contribution in [3.05, 3.63) is 53.9 Å². The quantitative estimate of drug-likeness (QED) is 0.736. The minimum Gasteiger partial charge on any atom is -0.341 e. The summed E-state index contributed by atoms with van der Waals surface area (Å²) in [4.78, 5) is 19.6. The van der Waals surface area contributed by atoms with E-state index in [0.717, 1.165) is 52.4 Å². The second-order valence-electron chi connectivity index (χ2n) is 9.33. The van der Waals surface area contributed by atoms with E-state index in [9.17, 15) is 4.79 Å². The van der Waals surface area contributed by atoms with Crippen LogP contribution in [0.5, 0.6) is 0 Å². The first kappa shape index (κ1) is 21.1. The van der Waals surface area contributed by atoms with Crippen LogP contribution in [-0.2, 0) is 17.9 Å². The standard InChI is InChI=1S/C24H35N5O/c1-20-12-21(2)15-28(14-20)24(30)19-27-10-8-26(9-11-27)16-23-13-25-29(18-23)17-22-6-4-3-5-7-22/h3-7,13,18,20-21H,8-12,14-17,19H2,1-2H3. The Bertz CT molecular complexity index is 802. The molecule has 3 heterocycles. The van der Waals surface area contributed by atoms with Gasteiger partial charge >= 0.3 is 0 Å². The van der Waals surface area contributed by atoms with Gasteiger partial charge in [0.25, 0.3) is 0 Å². The maximum absolute atomic E-state index is 12.7. The summed E-state index contributed by atoms with van der Waals surface area (Å²) >= 11 is 0. The van der Waals surface area contributed by atoms with Crippen LogP contribution in [-0.4, -0.2) is 76.2 Å². The zero-order valence-electron chi connectivity index (χ0n) is 18.4. The van der Waals surface area contributed by atoms with Crippen LogP contribution in [0, 0.1) is 11.8 Å². The Morgan fingerprint density at radius 3 is 2.30 bits per heavy atom. The first-order valence-electron chi connectivity index (χ1n) is 11.3. The van der Waals surface area contributed by atoms with Gasteiger partial charge in [-0.25, -0.2) is 0 Å². The lowest BCUT2D eigenvalue weighted by Gasteiger charge is -2.38. The predicted molar refractivity (Wildman–Crippen MR) is 119 cm³/mol. The van der Waals surface area contributed by atoms with Crippen molar-refractivity contribution in [2.24, 2.45) is 11.8 Å². The summed E-state index contributed by atoms with van der Waals surface area (Å²) in [5, 5.41) is 4.52. The van der Waals surface area contributed by atoms with E-state index in [0.29, 0.717) is 24.3 Å². The van der Waals surface area contributed by atoms with Crippen molar-refractivity contribution in [2.75, 3.05) is 45.8 Å². The van der Waals surface area contributed by atoms with Crippen LogP contribution in [0.4, 0.5) is 0 Å². The maximum Gasteiger partial charge on any atom is 0.236 e. The number of carbonyl (C=O) groups is 1. The lowest BCUT2D eigenvalue weighted by atomic mass is 9.92. The molecule has 0 radical (unpaired) electrons. The Labute approximate surface area is 180 Å². The molecule has 4 rings (SSSR count). The first-order chi connectivity index (χ1) is 14.5. The van der Waals surface area contributed by atoms with Crippen LogP contribution in [0.1, 0.15) is 31.4 Å². The number of piperazine rings is 1. The van der Waals surface area contributed by atoms with Gasteiger partial charge in [-0.05, 0) is 23.8 Å². The molecule has 1 aromatic carbocycles. The predicted octanol–water partition coefficient (Wildman–Crippen LogP) is 2.55. The highest BCUT2D eigenvalue weighted by atomic mass is 16.2. The molecule has 162 valence electrons. The van der Waals surface area contributed by atoms with E-state index >= 15 is 0 Å². The molecule has 2 aromatic rings. The van der Waals surface area contributed by atoms with Crippen molar-refractivity contribution in [1.29, 1.82) is 0 Å². The van der Waals surface area contributed by atoms with Crippen LogP contribution in [0.3, 0.4) is 0 Å². The molecule has 6 nitrogen and oxygen atoms in total. The Morgan fingerprint density at radius 2 is 1.60 bits per heavy atom. The molecule has 2 unspecified atom stereocenters. The molecule has 0 bridgehead atoms. The summed E-state index contributed by atoms with van der Waals surface area (Å²) in [6.07, 6.45) is 5.38. The Morgan fingerprint density at radius 1 is 0.933 bits per heavy atom. The fraction of sp³-hybridized carbons (Fsp3) is 0.583. The molecule has 2 fully saturated rings. The average molecular weight is 410 g/mol. The topological polar surface area (TPSA) is 44.6 Å². The van der Waals surface area contributed by atoms with Crippen LogP contribution >= 0.6 is 0 Å². The molecule has 1 aromatic heterocycles. The molecular formula is C24H35N5O. The molecular weight excluding hydrogens is 374 g/mol. The van der Waals surface area contributed by atoms with Crippen LogP contribution in [0.15, 0.2) is 42.7 Å². The molecule has 2 aliphatic rings. The molecule has 2 atom stereocenters. The van der Waals surface area contributed by atoms with Gasteiger partial charge in [0.15, 0.2) is 0 Å². The third-order valence-corrected chi connectivity index (χ3v) is 6.33. The van der Waals surface area contributed by atoms with E-state index in [4.69, 9.17) is 0 Å². The summed E-state index contributed by atoms with van der Waals surface area (Å²) in [7, 11) is 0. The van der Waals surface area contributed by atoms with Gasteiger partial charge in [-0.1, -0.05) is 44.2 Å². The molecule has 0 saturated carbocycles. The second kappa shape index (κ2) is 9.75. The number of amides is 1. The van der Waals surface area contributed by atoms with Crippen molar-refractivity contribution in [3.63, 3.8) is 0 Å². The molecule has 0 aliphatic carbocycles. The van der Waals surface area contributed by atoms with E-state index in [-0.39, 0.29) is 0 Å². The number of carbonyl (C=O) groups excluding carboxylic acids is 1. The van der Waals surface area contributed by atoms with Crippen molar-refractivity contribution >= 4 is 5.91 Å². The Balaban J connectivity index is 1.21. The Hall–Kier alpha value is -2.18. The number of piperidine rings is 1. The third kappa shape index (κ3) is 5.70. The number of nitrogens with zero attached hydrogens (tertiary/aromatic N) is 5. The zero-order valence-corrected chi connectivity index (χ0v) is 18.4. The fourth-order valence-electron chi connectivity index (χ4n) is 4.87. The van der Waals surface area contributed by atoms with Gasteiger partial charge in [0.1, 0.15) is 0 Å². The SMILES string of the molecule is CC1CC(C)CN(C(=O)CN2CCN(Cc3cnn(Cc4ccccc4)c3)CC2)C1. The van der Waals surface area contributed by atoms with Crippen LogP contribution in [0.25, 0.3) is 0 Å². The van der Waals surface area contributed by atoms with E-state index in [1.54, 1.807) is 0 Å². The van der Waals surface area contributed by atoms with Gasteiger partial charge < -0.3 is 4.90 Å². The van der Waals surface area contributed by atoms with Gasteiger partial charge in [-0.3, -0.25) is 19.3 Å². The van der Waals surface area contributed by atoms with Crippen molar-refractivity contribution < 1.29 is 4.79 Å². The molecule has 0 spiro atoms. The highest BCUT2D eigenvalue weighted by Gasteiger charge is 2.27. The van der Waals surface area contributed by atoms with Crippen LogP contribution < -0.4 is 0 Å². The van der Waals surface area contributed by atoms with Gasteiger partial charge in [0, 0.05) is 57.6 Å². The van der Waals surface area contributed by atoms with Crippen LogP contribution in [0.2, 0.25) is 0 Å². The minimum atomic E-state index is 0.309. The largest absolute Gasteiger partial charge is 0.341 e. The second-order valence-corrected chi connectivity index (χ2v) is 9.33. The number of rotatable bonds is 6. The molecule has 6 heteroatoms. The van der Waals surface area contributed by atoms with Crippen molar-refractivity contribution in [2.45, 2.75) is 33.4 Å². The van der Waals surface area contributed by atoms with Crippen molar-refractivity contribution in [1.82, 2.24) is 24.5 Å². The van der Waals surface area contributed by atoms with E-state index in [1.807, 2.05) is 16.9 Å². The number of hydrogen-bond donors (Lipinski definition) is 0. The normalized spacial score (nSPS) is 23.6. The van der Waals surface area contributed by atoms with E-state index in [1.165, 1.54) is 17.5 Å². The average Bonchev–Trinajstić information content (AvgIpc) is 3.16. The first-order valence-corrected chi connectivity index (χ1v) is 11.3. The molecule has 2 saturated heterocycles. The minimum absolute atomic E-state index is 0.309. The lowest BCUT2D eigenvalue weighted by Crippen LogP contribution is -2.51. The molecule has 0 N–H and O–H groups in total. The number of benzene rings is 1. The van der Waals surface area contributed by atoms with E-state index < -0.39 is 0 Å². The number of hydrogen-bond acceptors (Lipinski definition) is 4. The van der Waals surface area contributed by atoms with Crippen molar-refractivity contribution in [3.8, 4) is 0 Å². The van der Waals surface area contributed by atoms with Gasteiger partial charge in [0.2, 0.25) is 5.91 Å². The lowest BCUT2D eigenvalue weighted by molar-refractivity contribution is -0.135. The third-order valence-electron chi connectivity index (χ3n) is 6.33. The fourth-order valence-corrected chi connectivity index (χ4v) is 4.87. The highest BCUT2D eigenvalue weighted by molar-refractivity contribution is 5.78. The highest BCUT2D eigenvalue weighted by Crippen LogP contribution is 2.21. The van der Waals surface area contributed by atoms with Gasteiger partial charge in [-0.2, -0.15) is 5.10 Å². The molecule has 1 amide bonds. The summed E-state index contributed by atoms with van der Waals surface area (Å²) < 4.78 is 2.01. The summed E-state index contributed by atoms with van der Waals surface area (Å²) in [5.41, 5.74) is 2.52. The maximum atomic E-state index is 12.7. The van der Waals surface area contributed by atoms with Gasteiger partial charge in [-0.15, -0.1) is 0 Å². The monoisotopic (exact) mass is 409 g/mol. The molecule has 2 aliphatic heterocycles. The molecule has 30 heavy (non-hydrogen) atoms. The summed E-state index contributed by atoms with van der Waals surface area (Å²) in [6.45, 7) is 12.6. The number of likely N-dealkylation sites (tertiary alicyclic amines) is 1. The summed E-state index contributed by atoms with van der Waals surface area (Å²) in [6, 6.07) is 10.4. The Kier molecular flexibility index (Phi) is 6.85.